The van der Waals surface area contributed by atoms with Crippen molar-refractivity contribution >= 4 is 29.1 Å². The van der Waals surface area contributed by atoms with Gasteiger partial charge in [0.1, 0.15) is 23.4 Å². The number of methoxy groups -OCH3 is 1. The number of benzene rings is 2. The minimum absolute atomic E-state index is 0.00807. The third-order valence-electron chi connectivity index (χ3n) is 4.10. The number of rotatable bonds is 5. The van der Waals surface area contributed by atoms with Crippen LogP contribution in [0.3, 0.4) is 0 Å². The molecule has 1 amide bonds. The van der Waals surface area contributed by atoms with Crippen molar-refractivity contribution < 1.29 is 13.9 Å². The first-order valence-corrected chi connectivity index (χ1v) is 8.73. The molecule has 27 heavy (non-hydrogen) atoms. The Morgan fingerprint density at radius 3 is 2.52 bits per heavy atom. The van der Waals surface area contributed by atoms with Crippen LogP contribution in [0, 0.1) is 5.82 Å². The third kappa shape index (κ3) is 4.07. The highest BCUT2D eigenvalue weighted by atomic mass is 35.5. The van der Waals surface area contributed by atoms with E-state index in [4.69, 9.17) is 27.9 Å². The van der Waals surface area contributed by atoms with Gasteiger partial charge in [-0.3, -0.25) is 4.79 Å². The fraction of sp³-hybridized carbons (Fsp3) is 0.158. The molecule has 0 aliphatic heterocycles. The molecule has 140 valence electrons. The van der Waals surface area contributed by atoms with E-state index in [2.05, 4.69) is 10.3 Å². The van der Waals surface area contributed by atoms with Crippen LogP contribution in [0.5, 0.6) is 5.75 Å². The maximum absolute atomic E-state index is 13.8. The summed E-state index contributed by atoms with van der Waals surface area (Å²) >= 11 is 11.8. The van der Waals surface area contributed by atoms with Crippen LogP contribution in [0.4, 0.5) is 4.39 Å². The number of hydrogen-bond donors (Lipinski definition) is 1. The summed E-state index contributed by atoms with van der Waals surface area (Å²) in [5, 5.41) is 2.78. The molecule has 5 nitrogen and oxygen atoms in total. The smallest absolute Gasteiger partial charge is 0.253 e. The molecule has 1 heterocycles. The minimum atomic E-state index is -0.718. The van der Waals surface area contributed by atoms with Gasteiger partial charge >= 0.3 is 0 Å². The van der Waals surface area contributed by atoms with Crippen LogP contribution in [-0.4, -0.2) is 22.6 Å². The van der Waals surface area contributed by atoms with Gasteiger partial charge < -0.3 is 14.6 Å². The second-order valence-electron chi connectivity index (χ2n) is 5.82. The summed E-state index contributed by atoms with van der Waals surface area (Å²) in [6, 6.07) is 8.86. The lowest BCUT2D eigenvalue weighted by Crippen LogP contribution is -2.31. The fourth-order valence-electron chi connectivity index (χ4n) is 2.65. The predicted octanol–water partition coefficient (Wildman–Crippen LogP) is 4.39. The molecule has 3 rings (SSSR count). The highest BCUT2D eigenvalue weighted by Crippen LogP contribution is 2.27. The van der Waals surface area contributed by atoms with Crippen molar-refractivity contribution in [2.24, 2.45) is 7.05 Å². The maximum atomic E-state index is 13.8. The quantitative estimate of drug-likeness (QED) is 0.637. The highest BCUT2D eigenvalue weighted by Gasteiger charge is 2.23. The minimum Gasteiger partial charge on any atom is -0.497 e. The van der Waals surface area contributed by atoms with Crippen molar-refractivity contribution in [1.29, 1.82) is 0 Å². The van der Waals surface area contributed by atoms with Crippen LogP contribution < -0.4 is 10.1 Å². The van der Waals surface area contributed by atoms with Crippen LogP contribution in [0.15, 0.2) is 48.8 Å². The van der Waals surface area contributed by atoms with Crippen LogP contribution in [-0.2, 0) is 7.05 Å². The summed E-state index contributed by atoms with van der Waals surface area (Å²) in [6.45, 7) is 0. The predicted molar refractivity (Wildman–Crippen MR) is 102 cm³/mol. The van der Waals surface area contributed by atoms with Crippen LogP contribution in [0.2, 0.25) is 10.0 Å². The summed E-state index contributed by atoms with van der Waals surface area (Å²) in [4.78, 5) is 17.1. The van der Waals surface area contributed by atoms with Gasteiger partial charge in [0.25, 0.3) is 5.91 Å². The molecule has 0 bridgehead atoms. The van der Waals surface area contributed by atoms with Crippen molar-refractivity contribution in [3.63, 3.8) is 0 Å². The zero-order chi connectivity index (χ0) is 19.6. The molecule has 1 unspecified atom stereocenters. The number of carbonyl (C=O) groups is 1. The summed E-state index contributed by atoms with van der Waals surface area (Å²) in [7, 11) is 3.39. The molecule has 0 radical (unpaired) electrons. The Kier molecular flexibility index (Phi) is 5.68. The van der Waals surface area contributed by atoms with E-state index in [9.17, 15) is 9.18 Å². The van der Waals surface area contributed by atoms with Crippen molar-refractivity contribution in [2.45, 2.75) is 6.04 Å². The monoisotopic (exact) mass is 407 g/mol. The molecule has 0 aliphatic rings. The second-order valence-corrected chi connectivity index (χ2v) is 6.64. The highest BCUT2D eigenvalue weighted by molar-refractivity contribution is 6.36. The van der Waals surface area contributed by atoms with E-state index < -0.39 is 17.8 Å². The number of aryl methyl sites for hydroxylation is 1. The number of ether oxygens (including phenoxy) is 1. The zero-order valence-corrected chi connectivity index (χ0v) is 16.1. The molecule has 3 aromatic rings. The van der Waals surface area contributed by atoms with Gasteiger partial charge in [0, 0.05) is 19.4 Å². The molecular formula is C19H16Cl2FN3O2. The van der Waals surface area contributed by atoms with Gasteiger partial charge in [-0.05, 0) is 29.8 Å². The molecule has 1 N–H and O–H groups in total. The Hall–Kier alpha value is -2.57. The van der Waals surface area contributed by atoms with Crippen molar-refractivity contribution in [3.8, 4) is 5.75 Å². The van der Waals surface area contributed by atoms with Crippen LogP contribution >= 0.6 is 23.2 Å². The molecule has 0 spiro atoms. The number of imidazole rings is 1. The van der Waals surface area contributed by atoms with Crippen LogP contribution in [0.25, 0.3) is 0 Å². The molecule has 1 atom stereocenters. The Bertz CT molecular complexity index is 974. The average Bonchev–Trinajstić information content (AvgIpc) is 3.08. The van der Waals surface area contributed by atoms with Gasteiger partial charge in [0.15, 0.2) is 0 Å². The standard InChI is InChI=1S/C19H16Cl2FN3O2/c1-25-8-7-23-18(25)17(11-3-5-12(27-2)6-4-11)24-19(26)13-9-16(22)15(21)10-14(13)20/h3-10,17H,1-2H3,(H,24,26). The first-order valence-electron chi connectivity index (χ1n) is 7.97. The molecule has 0 aliphatic carbocycles. The zero-order valence-electron chi connectivity index (χ0n) is 14.5. The van der Waals surface area contributed by atoms with Crippen molar-refractivity contribution in [2.75, 3.05) is 7.11 Å². The van der Waals surface area contributed by atoms with E-state index in [1.54, 1.807) is 36.2 Å². The maximum Gasteiger partial charge on any atom is 0.253 e. The fourth-order valence-corrected chi connectivity index (χ4v) is 3.12. The van der Waals surface area contributed by atoms with E-state index in [1.807, 2.05) is 19.2 Å². The lowest BCUT2D eigenvalue weighted by atomic mass is 10.0. The van der Waals surface area contributed by atoms with Crippen molar-refractivity contribution in [3.05, 3.63) is 81.6 Å². The summed E-state index contributed by atoms with van der Waals surface area (Å²) in [5.41, 5.74) is 0.773. The summed E-state index contributed by atoms with van der Waals surface area (Å²) in [6.07, 6.45) is 3.40. The molecule has 0 saturated heterocycles. The van der Waals surface area contributed by atoms with Gasteiger partial charge in [-0.15, -0.1) is 0 Å². The van der Waals surface area contributed by atoms with E-state index in [-0.39, 0.29) is 15.6 Å². The first kappa shape index (κ1) is 19.2. The summed E-state index contributed by atoms with van der Waals surface area (Å²) in [5.74, 6) is 0.0362. The van der Waals surface area contributed by atoms with E-state index >= 15 is 0 Å². The third-order valence-corrected chi connectivity index (χ3v) is 4.70. The van der Waals surface area contributed by atoms with E-state index in [0.29, 0.717) is 11.6 Å². The number of carbonyl (C=O) groups excluding carboxylic acids is 1. The molecule has 0 fully saturated rings. The Morgan fingerprint density at radius 1 is 1.22 bits per heavy atom. The Labute approximate surface area is 165 Å². The van der Waals surface area contributed by atoms with Gasteiger partial charge in [0.2, 0.25) is 0 Å². The molecule has 2 aromatic carbocycles. The lowest BCUT2D eigenvalue weighted by Gasteiger charge is -2.20. The molecule has 0 saturated carbocycles. The second kappa shape index (κ2) is 7.98. The summed E-state index contributed by atoms with van der Waals surface area (Å²) < 4.78 is 20.8. The molecular weight excluding hydrogens is 392 g/mol. The Balaban J connectivity index is 1.97. The number of hydrogen-bond acceptors (Lipinski definition) is 3. The van der Waals surface area contributed by atoms with Gasteiger partial charge in [-0.25, -0.2) is 9.37 Å². The molecule has 1 aromatic heterocycles. The largest absolute Gasteiger partial charge is 0.497 e. The number of nitrogens with zero attached hydrogens (tertiary/aromatic N) is 2. The van der Waals surface area contributed by atoms with Gasteiger partial charge in [-0.2, -0.15) is 0 Å². The Morgan fingerprint density at radius 2 is 1.93 bits per heavy atom. The lowest BCUT2D eigenvalue weighted by molar-refractivity contribution is 0.0941. The van der Waals surface area contributed by atoms with Gasteiger partial charge in [-0.1, -0.05) is 35.3 Å². The van der Waals surface area contributed by atoms with E-state index in [0.717, 1.165) is 11.6 Å². The average molecular weight is 408 g/mol. The normalized spacial score (nSPS) is 11.9. The molecule has 8 heteroatoms. The van der Waals surface area contributed by atoms with Crippen molar-refractivity contribution in [1.82, 2.24) is 14.9 Å². The number of nitrogens with one attached hydrogen (secondary N) is 1. The number of amides is 1. The number of halogens is 3. The number of aromatic nitrogens is 2. The SMILES string of the molecule is COc1ccc(C(NC(=O)c2cc(F)c(Cl)cc2Cl)c2nccn2C)cc1. The topological polar surface area (TPSA) is 56.1 Å². The van der Waals surface area contributed by atoms with Crippen LogP contribution in [0.1, 0.15) is 27.8 Å². The first-order chi connectivity index (χ1) is 12.9. The van der Waals surface area contributed by atoms with E-state index in [1.165, 1.54) is 6.07 Å². The van der Waals surface area contributed by atoms with Gasteiger partial charge in [0.05, 0.1) is 22.7 Å².